The number of fused-ring (bicyclic) bond motifs is 1. The molecule has 0 bridgehead atoms. The molecule has 0 aliphatic carbocycles. The lowest BCUT2D eigenvalue weighted by molar-refractivity contribution is 0.0621. The van der Waals surface area contributed by atoms with Crippen LogP contribution in [0.3, 0.4) is 0 Å². The summed E-state index contributed by atoms with van der Waals surface area (Å²) in [6.45, 7) is 3.98. The molecule has 0 radical (unpaired) electrons. The summed E-state index contributed by atoms with van der Waals surface area (Å²) in [6.07, 6.45) is 0. The summed E-state index contributed by atoms with van der Waals surface area (Å²) in [5.74, 6) is 0.899. The quantitative estimate of drug-likeness (QED) is 0.337. The van der Waals surface area contributed by atoms with Gasteiger partial charge in [0.05, 0.1) is 5.56 Å². The summed E-state index contributed by atoms with van der Waals surface area (Å²) in [5.41, 5.74) is 3.85. The third-order valence-electron chi connectivity index (χ3n) is 5.74. The Kier molecular flexibility index (Phi) is 5.94. The van der Waals surface area contributed by atoms with Crippen molar-refractivity contribution in [3.8, 4) is 0 Å². The van der Waals surface area contributed by atoms with Crippen LogP contribution in [0.2, 0.25) is 0 Å². The molecule has 5 rings (SSSR count). The average Bonchev–Trinajstić information content (AvgIpc) is 3.30. The molecule has 1 amide bonds. The van der Waals surface area contributed by atoms with Crippen molar-refractivity contribution in [1.29, 1.82) is 0 Å². The Balaban J connectivity index is 1.41. The largest absolute Gasteiger partial charge is 0.485 e. The van der Waals surface area contributed by atoms with Crippen LogP contribution in [-0.4, -0.2) is 18.5 Å². The number of allylic oxidation sites excluding steroid dienone is 1. The molecule has 6 nitrogen and oxygen atoms in total. The number of nitrogens with one attached hydrogen (secondary N) is 1. The molecular formula is C29H23NO5. The van der Waals surface area contributed by atoms with E-state index in [-0.39, 0.29) is 12.5 Å². The minimum absolute atomic E-state index is 0.187. The van der Waals surface area contributed by atoms with Crippen LogP contribution >= 0.6 is 0 Å². The molecule has 1 aliphatic heterocycles. The van der Waals surface area contributed by atoms with Gasteiger partial charge in [-0.2, -0.15) is 0 Å². The van der Waals surface area contributed by atoms with Gasteiger partial charge < -0.3 is 19.2 Å². The van der Waals surface area contributed by atoms with Crippen molar-refractivity contribution in [1.82, 2.24) is 0 Å². The Hall–Kier alpha value is -4.58. The fourth-order valence-corrected chi connectivity index (χ4v) is 3.95. The molecule has 2 heterocycles. The standard InChI is InChI=1S/C29H23NO5/c1-18-17-33-27(19(2)26(18)35-29(32)21-11-7-4-8-12-21)25-16-22-15-23(13-14-24(22)34-25)30-28(31)20-9-5-3-6-10-20/h3-16H,17H2,1-2H3,(H,30,31). The van der Waals surface area contributed by atoms with Crippen LogP contribution < -0.4 is 5.32 Å². The molecule has 0 saturated carbocycles. The SMILES string of the molecule is CC1=C(OC(=O)c2ccccc2)C(C)=C(c2cc3cc(NC(=O)c4ccccc4)ccc3o2)OC1. The van der Waals surface area contributed by atoms with Crippen molar-refractivity contribution in [3.63, 3.8) is 0 Å². The summed E-state index contributed by atoms with van der Waals surface area (Å²) in [6, 6.07) is 25.2. The molecule has 35 heavy (non-hydrogen) atoms. The number of rotatable bonds is 5. The molecule has 1 aromatic heterocycles. The van der Waals surface area contributed by atoms with E-state index in [2.05, 4.69) is 5.32 Å². The van der Waals surface area contributed by atoms with Gasteiger partial charge in [-0.3, -0.25) is 4.79 Å². The van der Waals surface area contributed by atoms with Gasteiger partial charge in [0, 0.05) is 27.8 Å². The number of furan rings is 1. The second-order valence-electron chi connectivity index (χ2n) is 8.29. The minimum Gasteiger partial charge on any atom is -0.485 e. The zero-order chi connectivity index (χ0) is 24.4. The number of hydrogen-bond donors (Lipinski definition) is 1. The minimum atomic E-state index is -0.427. The van der Waals surface area contributed by atoms with E-state index in [4.69, 9.17) is 13.9 Å². The smallest absolute Gasteiger partial charge is 0.343 e. The fourth-order valence-electron chi connectivity index (χ4n) is 3.95. The second kappa shape index (κ2) is 9.35. The Morgan fingerprint density at radius 3 is 2.26 bits per heavy atom. The van der Waals surface area contributed by atoms with Crippen LogP contribution in [0.4, 0.5) is 5.69 Å². The first-order chi connectivity index (χ1) is 17.0. The first kappa shape index (κ1) is 22.2. The molecule has 0 atom stereocenters. The monoisotopic (exact) mass is 465 g/mol. The van der Waals surface area contributed by atoms with E-state index in [0.717, 1.165) is 11.0 Å². The zero-order valence-electron chi connectivity index (χ0n) is 19.3. The lowest BCUT2D eigenvalue weighted by atomic mass is 10.1. The highest BCUT2D eigenvalue weighted by atomic mass is 16.5. The van der Waals surface area contributed by atoms with Gasteiger partial charge in [-0.1, -0.05) is 36.4 Å². The molecule has 0 saturated heterocycles. The van der Waals surface area contributed by atoms with Gasteiger partial charge in [0.2, 0.25) is 0 Å². The Morgan fingerprint density at radius 1 is 0.857 bits per heavy atom. The van der Waals surface area contributed by atoms with Crippen LogP contribution in [0.1, 0.15) is 40.3 Å². The van der Waals surface area contributed by atoms with Crippen molar-refractivity contribution in [2.24, 2.45) is 0 Å². The Bertz CT molecular complexity index is 1480. The molecule has 0 spiro atoms. The number of benzene rings is 3. The fraction of sp³-hybridized carbons (Fsp3) is 0.103. The molecule has 3 aromatic carbocycles. The number of esters is 1. The summed E-state index contributed by atoms with van der Waals surface area (Å²) in [5, 5.41) is 3.72. The Labute approximate surface area is 202 Å². The number of carbonyl (C=O) groups is 2. The molecule has 0 fully saturated rings. The molecule has 6 heteroatoms. The highest BCUT2D eigenvalue weighted by molar-refractivity contribution is 6.05. The highest BCUT2D eigenvalue weighted by Gasteiger charge is 2.25. The van der Waals surface area contributed by atoms with E-state index in [9.17, 15) is 9.59 Å². The van der Waals surface area contributed by atoms with Gasteiger partial charge in [0.1, 0.15) is 17.9 Å². The number of carbonyl (C=O) groups excluding carboxylic acids is 2. The van der Waals surface area contributed by atoms with E-state index < -0.39 is 5.97 Å². The second-order valence-corrected chi connectivity index (χ2v) is 8.29. The van der Waals surface area contributed by atoms with E-state index in [1.54, 1.807) is 48.5 Å². The maximum absolute atomic E-state index is 12.6. The van der Waals surface area contributed by atoms with Gasteiger partial charge in [0.25, 0.3) is 5.91 Å². The molecule has 1 N–H and O–H groups in total. The van der Waals surface area contributed by atoms with E-state index in [1.807, 2.05) is 50.2 Å². The number of anilines is 1. The van der Waals surface area contributed by atoms with Crippen molar-refractivity contribution in [2.45, 2.75) is 13.8 Å². The molecule has 0 unspecified atom stereocenters. The van der Waals surface area contributed by atoms with Crippen LogP contribution in [0.5, 0.6) is 0 Å². The number of hydrogen-bond acceptors (Lipinski definition) is 5. The topological polar surface area (TPSA) is 77.8 Å². The normalized spacial score (nSPS) is 13.5. The number of ether oxygens (including phenoxy) is 2. The zero-order valence-corrected chi connectivity index (χ0v) is 19.3. The maximum Gasteiger partial charge on any atom is 0.343 e. The van der Waals surface area contributed by atoms with Crippen LogP contribution in [0, 0.1) is 0 Å². The van der Waals surface area contributed by atoms with Gasteiger partial charge in [-0.15, -0.1) is 0 Å². The van der Waals surface area contributed by atoms with Crippen molar-refractivity contribution >= 4 is 34.3 Å². The molecule has 4 aromatic rings. The average molecular weight is 466 g/mol. The summed E-state index contributed by atoms with van der Waals surface area (Å²) >= 11 is 0. The lowest BCUT2D eigenvalue weighted by Gasteiger charge is -2.22. The van der Waals surface area contributed by atoms with E-state index in [1.165, 1.54) is 0 Å². The Morgan fingerprint density at radius 2 is 1.54 bits per heavy atom. The predicted molar refractivity (Wildman–Crippen MR) is 134 cm³/mol. The summed E-state index contributed by atoms with van der Waals surface area (Å²) in [4.78, 5) is 25.1. The maximum atomic E-state index is 12.6. The van der Waals surface area contributed by atoms with Crippen molar-refractivity contribution < 1.29 is 23.5 Å². The van der Waals surface area contributed by atoms with Crippen molar-refractivity contribution in [3.05, 3.63) is 119 Å². The summed E-state index contributed by atoms with van der Waals surface area (Å²) in [7, 11) is 0. The van der Waals surface area contributed by atoms with E-state index in [0.29, 0.717) is 45.2 Å². The first-order valence-electron chi connectivity index (χ1n) is 11.2. The lowest BCUT2D eigenvalue weighted by Crippen LogP contribution is -2.14. The number of amides is 1. The molecule has 174 valence electrons. The van der Waals surface area contributed by atoms with Gasteiger partial charge >= 0.3 is 5.97 Å². The van der Waals surface area contributed by atoms with Crippen LogP contribution in [0.25, 0.3) is 16.7 Å². The van der Waals surface area contributed by atoms with Gasteiger partial charge in [0.15, 0.2) is 11.5 Å². The van der Waals surface area contributed by atoms with E-state index >= 15 is 0 Å². The van der Waals surface area contributed by atoms with Crippen molar-refractivity contribution in [2.75, 3.05) is 11.9 Å². The van der Waals surface area contributed by atoms with Gasteiger partial charge in [-0.25, -0.2) is 4.79 Å². The predicted octanol–water partition coefficient (Wildman–Crippen LogP) is 6.58. The molecule has 1 aliphatic rings. The van der Waals surface area contributed by atoms with Gasteiger partial charge in [-0.05, 0) is 62.4 Å². The highest BCUT2D eigenvalue weighted by Crippen LogP contribution is 2.35. The summed E-state index contributed by atoms with van der Waals surface area (Å²) < 4.78 is 17.7. The first-order valence-corrected chi connectivity index (χ1v) is 11.2. The van der Waals surface area contributed by atoms with Crippen LogP contribution in [0.15, 0.2) is 106 Å². The molecular weight excluding hydrogens is 442 g/mol. The van der Waals surface area contributed by atoms with Crippen LogP contribution in [-0.2, 0) is 9.47 Å². The third kappa shape index (κ3) is 4.59. The third-order valence-corrected chi connectivity index (χ3v) is 5.74.